The normalized spacial score (nSPS) is 16.2. The van der Waals surface area contributed by atoms with Gasteiger partial charge in [0.1, 0.15) is 23.9 Å². The number of nitrogens with two attached hydrogens (primary N) is 1. The van der Waals surface area contributed by atoms with E-state index in [1.165, 1.54) is 16.4 Å². The fourth-order valence-electron chi connectivity index (χ4n) is 6.26. The summed E-state index contributed by atoms with van der Waals surface area (Å²) in [6.07, 6.45) is 1.94. The van der Waals surface area contributed by atoms with E-state index < -0.39 is 21.7 Å². The Morgan fingerprint density at radius 1 is 0.830 bits per heavy atom. The van der Waals surface area contributed by atoms with Crippen molar-refractivity contribution >= 4 is 27.3 Å². The third-order valence-electron chi connectivity index (χ3n) is 8.69. The number of hydrogen-bond acceptors (Lipinski definition) is 8. The van der Waals surface area contributed by atoms with E-state index >= 15 is 0 Å². The van der Waals surface area contributed by atoms with Crippen molar-refractivity contribution in [3.05, 3.63) is 112 Å². The molecule has 0 aliphatic heterocycles. The molecule has 9 nitrogen and oxygen atoms in total. The number of rotatable bonds is 14. The molecule has 47 heavy (non-hydrogen) atoms. The average molecular weight is 681 g/mol. The Labute approximate surface area is 282 Å². The highest BCUT2D eigenvalue weighted by Gasteiger charge is 2.45. The maximum atomic E-state index is 14.2. The molecule has 11 heteroatoms. The van der Waals surface area contributed by atoms with Crippen LogP contribution in [-0.4, -0.2) is 54.1 Å². The van der Waals surface area contributed by atoms with Crippen LogP contribution in [0.4, 0.5) is 5.69 Å². The van der Waals surface area contributed by atoms with E-state index in [-0.39, 0.29) is 30.3 Å². The predicted molar refractivity (Wildman–Crippen MR) is 183 cm³/mol. The molecule has 0 saturated heterocycles. The number of hydrogen-bond donors (Lipinski definition) is 1. The first-order chi connectivity index (χ1) is 22.6. The number of anilines is 1. The molecule has 4 aromatic carbocycles. The van der Waals surface area contributed by atoms with Crippen LogP contribution in [-0.2, 0) is 44.4 Å². The Kier molecular flexibility index (Phi) is 11.0. The molecule has 0 unspecified atom stereocenters. The minimum Gasteiger partial charge on any atom is -0.497 e. The molecule has 0 saturated carbocycles. The lowest BCUT2D eigenvalue weighted by Crippen LogP contribution is -2.49. The molecule has 0 spiro atoms. The summed E-state index contributed by atoms with van der Waals surface area (Å²) >= 11 is 6.33. The van der Waals surface area contributed by atoms with Gasteiger partial charge in [-0.1, -0.05) is 41.9 Å². The third kappa shape index (κ3) is 7.52. The molecule has 5 rings (SSSR count). The lowest BCUT2D eigenvalue weighted by atomic mass is 9.69. The monoisotopic (exact) mass is 680 g/mol. The number of benzene rings is 4. The highest BCUT2D eigenvalue weighted by molar-refractivity contribution is 7.89. The molecule has 250 valence electrons. The Morgan fingerprint density at radius 3 is 1.96 bits per heavy atom. The molecule has 0 radical (unpaired) electrons. The van der Waals surface area contributed by atoms with Crippen LogP contribution < -0.4 is 19.9 Å². The van der Waals surface area contributed by atoms with Crippen molar-refractivity contribution in [2.24, 2.45) is 0 Å². The molecule has 0 aromatic heterocycles. The number of ether oxygens (including phenoxy) is 5. The second-order valence-electron chi connectivity index (χ2n) is 11.6. The van der Waals surface area contributed by atoms with Gasteiger partial charge in [-0.05, 0) is 96.1 Å². The summed E-state index contributed by atoms with van der Waals surface area (Å²) < 4.78 is 58.3. The first-order valence-electron chi connectivity index (χ1n) is 15.3. The first kappa shape index (κ1) is 34.5. The van der Waals surface area contributed by atoms with Gasteiger partial charge < -0.3 is 29.4 Å². The van der Waals surface area contributed by atoms with Crippen LogP contribution in [0, 0.1) is 0 Å². The van der Waals surface area contributed by atoms with Gasteiger partial charge in [0.25, 0.3) is 0 Å². The average Bonchev–Trinajstić information content (AvgIpc) is 3.08. The van der Waals surface area contributed by atoms with Gasteiger partial charge in [0, 0.05) is 32.3 Å². The summed E-state index contributed by atoms with van der Waals surface area (Å²) in [5.74, 6) is 1.74. The van der Waals surface area contributed by atoms with Gasteiger partial charge in [0.05, 0.1) is 30.2 Å². The summed E-state index contributed by atoms with van der Waals surface area (Å²) in [4.78, 5) is 0.0587. The van der Waals surface area contributed by atoms with Crippen molar-refractivity contribution in [2.45, 2.75) is 49.0 Å². The van der Waals surface area contributed by atoms with Crippen LogP contribution in [0.2, 0.25) is 5.02 Å². The fraction of sp³-hybridized carbons (Fsp3) is 0.333. The molecule has 0 bridgehead atoms. The number of methoxy groups -OCH3 is 4. The highest BCUT2D eigenvalue weighted by Crippen LogP contribution is 2.43. The summed E-state index contributed by atoms with van der Waals surface area (Å²) in [6, 6.07) is 25.0. The SMILES string of the molecule is COc1ccc(CN(Cc2ccc(OC)cc2)S(=O)(=O)c2ccc(OC[C@@]3(C(OC)OC)CCCc4cc(Cl)ccc43)c(N)c2)cc1. The molecule has 2 N–H and O–H groups in total. The molecule has 0 heterocycles. The van der Waals surface area contributed by atoms with Gasteiger partial charge in [-0.2, -0.15) is 4.31 Å². The maximum Gasteiger partial charge on any atom is 0.243 e. The fourth-order valence-corrected chi connectivity index (χ4v) is 7.91. The minimum absolute atomic E-state index is 0.0587. The zero-order chi connectivity index (χ0) is 33.6. The zero-order valence-corrected chi connectivity index (χ0v) is 28.6. The first-order valence-corrected chi connectivity index (χ1v) is 17.1. The summed E-state index contributed by atoms with van der Waals surface area (Å²) in [6.45, 7) is 0.473. The molecule has 1 aliphatic carbocycles. The Bertz CT molecular complexity index is 1710. The quantitative estimate of drug-likeness (QED) is 0.117. The van der Waals surface area contributed by atoms with Gasteiger partial charge >= 0.3 is 0 Å². The second-order valence-corrected chi connectivity index (χ2v) is 13.9. The Morgan fingerprint density at radius 2 is 1.43 bits per heavy atom. The lowest BCUT2D eigenvalue weighted by molar-refractivity contribution is -0.162. The van der Waals surface area contributed by atoms with Crippen LogP contribution in [0.3, 0.4) is 0 Å². The largest absolute Gasteiger partial charge is 0.497 e. The van der Waals surface area contributed by atoms with E-state index in [9.17, 15) is 8.42 Å². The van der Waals surface area contributed by atoms with Crippen molar-refractivity contribution < 1.29 is 32.1 Å². The topological polar surface area (TPSA) is 110 Å². The standard InChI is InChI=1S/C36H41ClN2O7S/c1-42-29-12-7-25(8-13-29)22-39(23-26-9-14-30(43-2)15-10-26)47(40,41)31-16-18-34(33(38)21-31)46-24-36(35(44-3)45-4)19-5-6-27-20-28(37)11-17-32(27)36/h7-18,20-21,35H,5-6,19,22-24,38H2,1-4H3/t36-/m0/s1. The van der Waals surface area contributed by atoms with Gasteiger partial charge in [-0.3, -0.25) is 0 Å². The summed E-state index contributed by atoms with van der Waals surface area (Å²) in [7, 11) is 2.40. The van der Waals surface area contributed by atoms with Crippen LogP contribution in [0.5, 0.6) is 17.2 Å². The minimum atomic E-state index is -4.00. The Hall–Kier alpha value is -3.80. The second kappa shape index (κ2) is 15.0. The van der Waals surface area contributed by atoms with E-state index in [4.69, 9.17) is 41.0 Å². The van der Waals surface area contributed by atoms with E-state index in [1.54, 1.807) is 58.8 Å². The van der Waals surface area contributed by atoms with E-state index in [2.05, 4.69) is 0 Å². The number of nitrogen functional groups attached to an aromatic ring is 1. The number of nitrogens with zero attached hydrogens (tertiary/aromatic N) is 1. The van der Waals surface area contributed by atoms with E-state index in [1.807, 2.05) is 42.5 Å². The van der Waals surface area contributed by atoms with Crippen LogP contribution in [0.1, 0.15) is 35.1 Å². The molecule has 0 fully saturated rings. The molecular formula is C36H41ClN2O7S. The van der Waals surface area contributed by atoms with Gasteiger partial charge in [-0.15, -0.1) is 0 Å². The summed E-state index contributed by atoms with van der Waals surface area (Å²) in [5, 5.41) is 0.668. The van der Waals surface area contributed by atoms with Crippen molar-refractivity contribution in [3.63, 3.8) is 0 Å². The lowest BCUT2D eigenvalue weighted by Gasteiger charge is -2.43. The zero-order valence-electron chi connectivity index (χ0n) is 27.1. The number of fused-ring (bicyclic) bond motifs is 1. The van der Waals surface area contributed by atoms with Gasteiger partial charge in [0.15, 0.2) is 6.29 Å². The van der Waals surface area contributed by atoms with Gasteiger partial charge in [0.2, 0.25) is 10.0 Å². The molecule has 4 aromatic rings. The summed E-state index contributed by atoms with van der Waals surface area (Å²) in [5.41, 5.74) is 9.84. The van der Waals surface area contributed by atoms with Crippen molar-refractivity contribution in [1.82, 2.24) is 4.31 Å². The number of aryl methyl sites for hydroxylation is 1. The predicted octanol–water partition coefficient (Wildman–Crippen LogP) is 6.60. The number of halogens is 1. The molecule has 1 aliphatic rings. The van der Waals surface area contributed by atoms with Crippen molar-refractivity contribution in [2.75, 3.05) is 40.8 Å². The van der Waals surface area contributed by atoms with Crippen LogP contribution in [0.15, 0.2) is 89.8 Å². The van der Waals surface area contributed by atoms with Gasteiger partial charge in [-0.25, -0.2) is 8.42 Å². The van der Waals surface area contributed by atoms with Crippen molar-refractivity contribution in [3.8, 4) is 17.2 Å². The van der Waals surface area contributed by atoms with E-state index in [0.29, 0.717) is 22.3 Å². The molecular weight excluding hydrogens is 640 g/mol. The maximum absolute atomic E-state index is 14.2. The third-order valence-corrected chi connectivity index (χ3v) is 10.7. The van der Waals surface area contributed by atoms with Crippen LogP contribution in [0.25, 0.3) is 0 Å². The number of sulfonamides is 1. The van der Waals surface area contributed by atoms with E-state index in [0.717, 1.165) is 41.5 Å². The smallest absolute Gasteiger partial charge is 0.243 e. The molecule has 0 amide bonds. The highest BCUT2D eigenvalue weighted by atomic mass is 35.5. The molecule has 1 atom stereocenters. The van der Waals surface area contributed by atoms with Crippen molar-refractivity contribution in [1.29, 1.82) is 0 Å². The Balaban J connectivity index is 1.43. The van der Waals surface area contributed by atoms with Crippen LogP contribution >= 0.6 is 11.6 Å².